The van der Waals surface area contributed by atoms with Crippen LogP contribution in [0.3, 0.4) is 0 Å². The fraction of sp³-hybridized carbons (Fsp3) is 0.133. The zero-order valence-corrected chi connectivity index (χ0v) is 11.2. The van der Waals surface area contributed by atoms with Gasteiger partial charge in [0.15, 0.2) is 6.73 Å². The second-order valence-corrected chi connectivity index (χ2v) is 4.54. The third-order valence-electron chi connectivity index (χ3n) is 3.28. The number of carbonyl (C=O) groups is 3. The Morgan fingerprint density at radius 2 is 1.76 bits per heavy atom. The number of furan rings is 1. The summed E-state index contributed by atoms with van der Waals surface area (Å²) in [6.45, 7) is 1.20. The first-order valence-electron chi connectivity index (χ1n) is 6.26. The Hall–Kier alpha value is -2.89. The summed E-state index contributed by atoms with van der Waals surface area (Å²) >= 11 is 0. The fourth-order valence-electron chi connectivity index (χ4n) is 2.15. The predicted octanol–water partition coefficient (Wildman–Crippen LogP) is 2.00. The SMILES string of the molecule is Cc1occc1C(=O)OCN1C(=O)c2ccccc2C1=O. The van der Waals surface area contributed by atoms with Crippen molar-refractivity contribution in [3.63, 3.8) is 0 Å². The number of hydrogen-bond acceptors (Lipinski definition) is 5. The molecule has 0 unspecified atom stereocenters. The lowest BCUT2D eigenvalue weighted by Crippen LogP contribution is -2.33. The third kappa shape index (κ3) is 2.10. The Kier molecular flexibility index (Phi) is 3.06. The van der Waals surface area contributed by atoms with Crippen LogP contribution in [0.4, 0.5) is 0 Å². The fourth-order valence-corrected chi connectivity index (χ4v) is 2.15. The minimum Gasteiger partial charge on any atom is -0.469 e. The molecule has 0 N–H and O–H groups in total. The summed E-state index contributed by atoms with van der Waals surface area (Å²) in [5, 5.41) is 0. The van der Waals surface area contributed by atoms with Crippen molar-refractivity contribution in [3.05, 3.63) is 59.0 Å². The molecule has 6 heteroatoms. The Balaban J connectivity index is 1.73. The van der Waals surface area contributed by atoms with Gasteiger partial charge >= 0.3 is 5.97 Å². The van der Waals surface area contributed by atoms with Gasteiger partial charge in [-0.05, 0) is 25.1 Å². The molecule has 0 fully saturated rings. The van der Waals surface area contributed by atoms with Gasteiger partial charge in [0.05, 0.1) is 17.4 Å². The maximum atomic E-state index is 12.1. The molecule has 1 aliphatic heterocycles. The van der Waals surface area contributed by atoms with Crippen LogP contribution in [0.1, 0.15) is 36.8 Å². The first-order chi connectivity index (χ1) is 10.1. The van der Waals surface area contributed by atoms with Crippen molar-refractivity contribution >= 4 is 17.8 Å². The number of imide groups is 1. The lowest BCUT2D eigenvalue weighted by molar-refractivity contribution is 0.0227. The summed E-state index contributed by atoms with van der Waals surface area (Å²) in [5.74, 6) is -1.15. The number of nitrogens with zero attached hydrogens (tertiary/aromatic N) is 1. The van der Waals surface area contributed by atoms with Gasteiger partial charge in [-0.15, -0.1) is 0 Å². The van der Waals surface area contributed by atoms with Crippen molar-refractivity contribution in [1.82, 2.24) is 4.90 Å². The van der Waals surface area contributed by atoms with Crippen molar-refractivity contribution in [2.24, 2.45) is 0 Å². The number of rotatable bonds is 3. The van der Waals surface area contributed by atoms with E-state index in [4.69, 9.17) is 9.15 Å². The van der Waals surface area contributed by atoms with Gasteiger partial charge in [0.2, 0.25) is 0 Å². The van der Waals surface area contributed by atoms with Crippen LogP contribution in [0.25, 0.3) is 0 Å². The van der Waals surface area contributed by atoms with Crippen LogP contribution in [0.5, 0.6) is 0 Å². The number of benzene rings is 1. The van der Waals surface area contributed by atoms with E-state index in [9.17, 15) is 14.4 Å². The van der Waals surface area contributed by atoms with Gasteiger partial charge in [-0.1, -0.05) is 12.1 Å². The summed E-state index contributed by atoms with van der Waals surface area (Å²) in [4.78, 5) is 36.9. The first-order valence-corrected chi connectivity index (χ1v) is 6.26. The maximum absolute atomic E-state index is 12.1. The largest absolute Gasteiger partial charge is 0.469 e. The summed E-state index contributed by atoms with van der Waals surface area (Å²) < 4.78 is 10.0. The Morgan fingerprint density at radius 3 is 2.29 bits per heavy atom. The van der Waals surface area contributed by atoms with Gasteiger partial charge in [-0.2, -0.15) is 0 Å². The smallest absolute Gasteiger partial charge is 0.343 e. The van der Waals surface area contributed by atoms with Crippen LogP contribution >= 0.6 is 0 Å². The molecule has 1 aromatic heterocycles. The monoisotopic (exact) mass is 285 g/mol. The van der Waals surface area contributed by atoms with E-state index in [1.54, 1.807) is 31.2 Å². The van der Waals surface area contributed by atoms with Crippen molar-refractivity contribution in [2.45, 2.75) is 6.92 Å². The Morgan fingerprint density at radius 1 is 1.14 bits per heavy atom. The number of esters is 1. The molecule has 0 radical (unpaired) electrons. The molecule has 6 nitrogen and oxygen atoms in total. The van der Waals surface area contributed by atoms with Crippen LogP contribution in [0.15, 0.2) is 41.0 Å². The lowest BCUT2D eigenvalue weighted by Gasteiger charge is -2.13. The molecule has 21 heavy (non-hydrogen) atoms. The molecule has 0 atom stereocenters. The average molecular weight is 285 g/mol. The highest BCUT2D eigenvalue weighted by Gasteiger charge is 2.35. The van der Waals surface area contributed by atoms with Gasteiger partial charge in [0.1, 0.15) is 11.3 Å². The summed E-state index contributed by atoms with van der Waals surface area (Å²) in [5.41, 5.74) is 0.905. The number of aryl methyl sites for hydroxylation is 1. The maximum Gasteiger partial charge on any atom is 0.343 e. The van der Waals surface area contributed by atoms with Crippen LogP contribution in [-0.4, -0.2) is 29.4 Å². The minimum absolute atomic E-state index is 0.270. The van der Waals surface area contributed by atoms with Crippen molar-refractivity contribution < 1.29 is 23.5 Å². The zero-order valence-electron chi connectivity index (χ0n) is 11.2. The molecule has 0 saturated carbocycles. The number of hydrogen-bond donors (Lipinski definition) is 0. The molecule has 1 aromatic carbocycles. The van der Waals surface area contributed by atoms with E-state index in [1.807, 2.05) is 0 Å². The minimum atomic E-state index is -0.641. The van der Waals surface area contributed by atoms with Crippen molar-refractivity contribution in [2.75, 3.05) is 6.73 Å². The molecule has 106 valence electrons. The highest BCUT2D eigenvalue weighted by atomic mass is 16.5. The first kappa shape index (κ1) is 13.1. The summed E-state index contributed by atoms with van der Waals surface area (Å²) in [6.07, 6.45) is 1.37. The van der Waals surface area contributed by atoms with Crippen LogP contribution in [-0.2, 0) is 4.74 Å². The van der Waals surface area contributed by atoms with E-state index < -0.39 is 24.5 Å². The van der Waals surface area contributed by atoms with Gasteiger partial charge in [0.25, 0.3) is 11.8 Å². The molecule has 2 amide bonds. The van der Waals surface area contributed by atoms with Crippen LogP contribution in [0.2, 0.25) is 0 Å². The van der Waals surface area contributed by atoms with Gasteiger partial charge in [-0.3, -0.25) is 9.59 Å². The number of amides is 2. The standard InChI is InChI=1S/C15H11NO5/c1-9-10(6-7-20-9)15(19)21-8-16-13(17)11-4-2-3-5-12(11)14(16)18/h2-7H,8H2,1H3. The Bertz CT molecular complexity index is 711. The van der Waals surface area contributed by atoms with E-state index in [-0.39, 0.29) is 5.56 Å². The Labute approximate surface area is 119 Å². The summed E-state index contributed by atoms with van der Waals surface area (Å²) in [7, 11) is 0. The topological polar surface area (TPSA) is 76.8 Å². The highest BCUT2D eigenvalue weighted by Crippen LogP contribution is 2.22. The molecule has 0 saturated heterocycles. The molecular formula is C15H11NO5. The van der Waals surface area contributed by atoms with Gasteiger partial charge in [-0.25, -0.2) is 9.69 Å². The molecule has 0 bridgehead atoms. The zero-order chi connectivity index (χ0) is 15.0. The third-order valence-corrected chi connectivity index (χ3v) is 3.28. The van der Waals surface area contributed by atoms with Gasteiger partial charge < -0.3 is 9.15 Å². The molecule has 2 aromatic rings. The predicted molar refractivity (Wildman–Crippen MR) is 70.7 cm³/mol. The van der Waals surface area contributed by atoms with Crippen molar-refractivity contribution in [1.29, 1.82) is 0 Å². The summed E-state index contributed by atoms with van der Waals surface area (Å²) in [6, 6.07) is 7.96. The van der Waals surface area contributed by atoms with E-state index in [2.05, 4.69) is 0 Å². The molecule has 3 rings (SSSR count). The molecular weight excluding hydrogens is 274 g/mol. The number of fused-ring (bicyclic) bond motifs is 1. The van der Waals surface area contributed by atoms with Crippen LogP contribution in [0, 0.1) is 6.92 Å². The second-order valence-electron chi connectivity index (χ2n) is 4.54. The normalized spacial score (nSPS) is 13.5. The van der Waals surface area contributed by atoms with Crippen LogP contribution < -0.4 is 0 Å². The quantitative estimate of drug-likeness (QED) is 0.636. The van der Waals surface area contributed by atoms with Gasteiger partial charge in [0, 0.05) is 0 Å². The lowest BCUT2D eigenvalue weighted by atomic mass is 10.1. The van der Waals surface area contributed by atoms with E-state index in [1.165, 1.54) is 12.3 Å². The highest BCUT2D eigenvalue weighted by molar-refractivity contribution is 6.21. The average Bonchev–Trinajstić information content (AvgIpc) is 3.01. The molecule has 2 heterocycles. The second kappa shape index (κ2) is 4.90. The molecule has 0 spiro atoms. The molecule has 0 aliphatic carbocycles. The molecule has 1 aliphatic rings. The van der Waals surface area contributed by atoms with E-state index in [0.717, 1.165) is 4.90 Å². The number of ether oxygens (including phenoxy) is 1. The number of carbonyl (C=O) groups excluding carboxylic acids is 3. The van der Waals surface area contributed by atoms with Crippen molar-refractivity contribution in [3.8, 4) is 0 Å². The van der Waals surface area contributed by atoms with E-state index >= 15 is 0 Å². The van der Waals surface area contributed by atoms with E-state index in [0.29, 0.717) is 16.9 Å².